The molecule has 0 unspecified atom stereocenters. The van der Waals surface area contributed by atoms with Gasteiger partial charge in [-0.05, 0) is 6.92 Å². The van der Waals surface area contributed by atoms with E-state index >= 15 is 0 Å². The predicted octanol–water partition coefficient (Wildman–Crippen LogP) is 5.28. The van der Waals surface area contributed by atoms with Crippen molar-refractivity contribution in [1.29, 1.82) is 0 Å². The van der Waals surface area contributed by atoms with Gasteiger partial charge >= 0.3 is 0 Å². The van der Waals surface area contributed by atoms with Gasteiger partial charge in [0.1, 0.15) is 0 Å². The van der Waals surface area contributed by atoms with E-state index in [1.54, 1.807) is 0 Å². The minimum atomic E-state index is 0. The molecular weight excluding hydrogens is 355 g/mol. The summed E-state index contributed by atoms with van der Waals surface area (Å²) in [5, 5.41) is 0. The second kappa shape index (κ2) is 7.87. The molecule has 0 aliphatic carbocycles. The standard InChI is InChI=1S/C21H17.Rh/c1-17-9-8-14-20(15-17)21(19-12-6-3-7-13-19)16-18-10-4-2-5-11-18;/h2-15H,1H3;/q-1;. The Kier molecular flexibility index (Phi) is 5.86. The van der Waals surface area contributed by atoms with E-state index in [9.17, 15) is 0 Å². The summed E-state index contributed by atoms with van der Waals surface area (Å²) in [6.45, 7) is 2.12. The molecule has 0 atom stereocenters. The third-order valence-corrected chi connectivity index (χ3v) is 3.41. The fraction of sp³-hybridized carbons (Fsp3) is 0.0476. The van der Waals surface area contributed by atoms with Crippen LogP contribution in [0.25, 0.3) is 5.57 Å². The molecule has 111 valence electrons. The maximum absolute atomic E-state index is 3.56. The first-order valence-electron chi connectivity index (χ1n) is 7.14. The summed E-state index contributed by atoms with van der Waals surface area (Å²) in [5.74, 6) is 0. The molecule has 0 nitrogen and oxygen atoms in total. The third kappa shape index (κ3) is 4.02. The molecule has 0 aromatic heterocycles. The first-order valence-corrected chi connectivity index (χ1v) is 7.14. The zero-order chi connectivity index (χ0) is 14.5. The minimum Gasteiger partial charge on any atom is -0.123 e. The van der Waals surface area contributed by atoms with Crippen molar-refractivity contribution in [1.82, 2.24) is 0 Å². The van der Waals surface area contributed by atoms with Crippen LogP contribution < -0.4 is 0 Å². The van der Waals surface area contributed by atoms with Crippen LogP contribution in [0.3, 0.4) is 0 Å². The molecule has 22 heavy (non-hydrogen) atoms. The Balaban J connectivity index is 0.00000176. The quantitative estimate of drug-likeness (QED) is 0.334. The summed E-state index contributed by atoms with van der Waals surface area (Å²) in [4.78, 5) is 0. The summed E-state index contributed by atoms with van der Waals surface area (Å²) in [6.07, 6.45) is 3.56. The van der Waals surface area contributed by atoms with E-state index in [-0.39, 0.29) is 19.5 Å². The van der Waals surface area contributed by atoms with E-state index in [0.717, 1.165) is 11.1 Å². The maximum Gasteiger partial charge on any atom is 0 e. The van der Waals surface area contributed by atoms with Crippen LogP contribution in [0.4, 0.5) is 0 Å². The molecule has 0 saturated carbocycles. The van der Waals surface area contributed by atoms with Gasteiger partial charge in [0.2, 0.25) is 0 Å². The van der Waals surface area contributed by atoms with Gasteiger partial charge in [0.15, 0.2) is 0 Å². The predicted molar refractivity (Wildman–Crippen MR) is 88.9 cm³/mol. The Hall–Kier alpha value is -1.98. The van der Waals surface area contributed by atoms with Gasteiger partial charge < -0.3 is 0 Å². The molecular formula is C21H17Rh-. The number of aryl methyl sites for hydroxylation is 1. The normalized spacial score (nSPS) is 10.9. The molecule has 1 heteroatoms. The zero-order valence-corrected chi connectivity index (χ0v) is 14.1. The largest absolute Gasteiger partial charge is 0.123 e. The second-order valence-electron chi connectivity index (χ2n) is 5.10. The van der Waals surface area contributed by atoms with Gasteiger partial charge in [-0.15, -0.1) is 29.3 Å². The van der Waals surface area contributed by atoms with Crippen molar-refractivity contribution in [2.75, 3.05) is 0 Å². The molecule has 1 radical (unpaired) electrons. The van der Waals surface area contributed by atoms with Gasteiger partial charge in [-0.2, -0.15) is 0 Å². The van der Waals surface area contributed by atoms with Crippen molar-refractivity contribution >= 4 is 5.57 Å². The van der Waals surface area contributed by atoms with Crippen molar-refractivity contribution in [3.05, 3.63) is 113 Å². The minimum absolute atomic E-state index is 0. The number of hydrogen-bond donors (Lipinski definition) is 0. The Morgan fingerprint density at radius 1 is 0.682 bits per heavy atom. The third-order valence-electron chi connectivity index (χ3n) is 3.41. The summed E-state index contributed by atoms with van der Waals surface area (Å²) in [6, 6.07) is 29.3. The van der Waals surface area contributed by atoms with Crippen molar-refractivity contribution in [2.24, 2.45) is 0 Å². The molecule has 0 heterocycles. The molecule has 0 fully saturated rings. The van der Waals surface area contributed by atoms with Crippen molar-refractivity contribution < 1.29 is 19.5 Å². The first-order chi connectivity index (χ1) is 10.3. The Morgan fingerprint density at radius 2 is 1.27 bits per heavy atom. The van der Waals surface area contributed by atoms with Crippen molar-refractivity contribution in [2.45, 2.75) is 6.92 Å². The van der Waals surface area contributed by atoms with Crippen LogP contribution in [-0.2, 0) is 19.5 Å². The van der Waals surface area contributed by atoms with Crippen LogP contribution in [0.5, 0.6) is 0 Å². The van der Waals surface area contributed by atoms with E-state index in [1.165, 1.54) is 16.7 Å². The molecule has 0 saturated heterocycles. The number of hydrogen-bond acceptors (Lipinski definition) is 0. The van der Waals surface area contributed by atoms with E-state index in [0.29, 0.717) is 0 Å². The van der Waals surface area contributed by atoms with Gasteiger partial charge in [0.05, 0.1) is 0 Å². The second-order valence-corrected chi connectivity index (χ2v) is 5.10. The fourth-order valence-electron chi connectivity index (χ4n) is 2.38. The SMILES string of the molecule is Cc1cccc(C(=[C-]c2ccccc2)c2ccccc2)c1.[Rh]. The van der Waals surface area contributed by atoms with E-state index in [2.05, 4.69) is 73.7 Å². The van der Waals surface area contributed by atoms with Crippen molar-refractivity contribution in [3.63, 3.8) is 0 Å². The molecule has 3 aromatic rings. The fourth-order valence-corrected chi connectivity index (χ4v) is 2.38. The Bertz CT molecular complexity index is 743. The average molecular weight is 372 g/mol. The van der Waals surface area contributed by atoms with E-state index < -0.39 is 0 Å². The summed E-state index contributed by atoms with van der Waals surface area (Å²) >= 11 is 0. The summed E-state index contributed by atoms with van der Waals surface area (Å²) in [7, 11) is 0. The Morgan fingerprint density at radius 3 is 1.91 bits per heavy atom. The molecule has 3 aromatic carbocycles. The van der Waals surface area contributed by atoms with Crippen LogP contribution in [0.15, 0.2) is 84.9 Å². The van der Waals surface area contributed by atoms with Gasteiger partial charge in [0.25, 0.3) is 0 Å². The topological polar surface area (TPSA) is 0 Å². The summed E-state index contributed by atoms with van der Waals surface area (Å²) in [5.41, 5.74) is 5.87. The molecule has 0 aliphatic rings. The van der Waals surface area contributed by atoms with Gasteiger partial charge in [0, 0.05) is 19.5 Å². The van der Waals surface area contributed by atoms with Gasteiger partial charge in [-0.25, -0.2) is 0 Å². The van der Waals surface area contributed by atoms with Crippen LogP contribution in [0.2, 0.25) is 0 Å². The van der Waals surface area contributed by atoms with Crippen LogP contribution >= 0.6 is 0 Å². The zero-order valence-electron chi connectivity index (χ0n) is 12.4. The van der Waals surface area contributed by atoms with Crippen LogP contribution in [-0.4, -0.2) is 0 Å². The van der Waals surface area contributed by atoms with E-state index in [1.807, 2.05) is 24.3 Å². The molecule has 0 aliphatic heterocycles. The van der Waals surface area contributed by atoms with Crippen molar-refractivity contribution in [3.8, 4) is 0 Å². The monoisotopic (exact) mass is 372 g/mol. The number of benzene rings is 3. The first kappa shape index (κ1) is 16.4. The smallest absolute Gasteiger partial charge is 0 e. The van der Waals surface area contributed by atoms with E-state index in [4.69, 9.17) is 0 Å². The maximum atomic E-state index is 3.56. The van der Waals surface area contributed by atoms with Gasteiger partial charge in [-0.3, -0.25) is 0 Å². The summed E-state index contributed by atoms with van der Waals surface area (Å²) < 4.78 is 0. The molecule has 0 N–H and O–H groups in total. The molecule has 3 rings (SSSR count). The number of rotatable bonds is 3. The van der Waals surface area contributed by atoms with Crippen LogP contribution in [0, 0.1) is 13.0 Å². The van der Waals surface area contributed by atoms with Gasteiger partial charge in [-0.1, -0.05) is 89.5 Å². The average Bonchev–Trinajstić information content (AvgIpc) is 2.54. The van der Waals surface area contributed by atoms with Crippen LogP contribution in [0.1, 0.15) is 22.3 Å². The molecule has 0 bridgehead atoms. The molecule has 0 amide bonds. The Labute approximate surface area is 145 Å². The molecule has 0 spiro atoms.